The second-order valence-corrected chi connectivity index (χ2v) is 6.06. The summed E-state index contributed by atoms with van der Waals surface area (Å²) in [5.74, 6) is 0.254. The van der Waals surface area contributed by atoms with E-state index < -0.39 is 0 Å². The van der Waals surface area contributed by atoms with E-state index in [0.717, 1.165) is 16.8 Å². The summed E-state index contributed by atoms with van der Waals surface area (Å²) in [6.45, 7) is 3.92. The third-order valence-corrected chi connectivity index (χ3v) is 4.19. The minimum Gasteiger partial charge on any atom is -0.376 e. The number of hydrogen-bond donors (Lipinski definition) is 2. The molecule has 0 bridgehead atoms. The average molecular weight is 362 g/mol. The number of amides is 2. The standard InChI is InChI=1S/C18H23FN4O3/c1-3-15-16(12-4-6-13(19)7-5-12)17(23(2)22-15)21-18(24)20-10-14-11-25-8-9-26-14/h4-7,14H,3,8-11H2,1-2H3,(H2,20,21,24). The fourth-order valence-corrected chi connectivity index (χ4v) is 2.90. The first-order valence-electron chi connectivity index (χ1n) is 8.64. The molecule has 140 valence electrons. The highest BCUT2D eigenvalue weighted by molar-refractivity contribution is 5.93. The molecule has 1 aromatic heterocycles. The van der Waals surface area contributed by atoms with E-state index in [1.807, 2.05) is 6.92 Å². The molecule has 0 aliphatic carbocycles. The van der Waals surface area contributed by atoms with E-state index in [4.69, 9.17) is 9.47 Å². The number of aryl methyl sites for hydroxylation is 2. The van der Waals surface area contributed by atoms with Gasteiger partial charge in [0, 0.05) is 19.2 Å². The van der Waals surface area contributed by atoms with Crippen molar-refractivity contribution in [2.24, 2.45) is 7.05 Å². The van der Waals surface area contributed by atoms with Crippen LogP contribution in [0.4, 0.5) is 15.0 Å². The maximum Gasteiger partial charge on any atom is 0.320 e. The van der Waals surface area contributed by atoms with E-state index in [2.05, 4.69) is 15.7 Å². The van der Waals surface area contributed by atoms with Gasteiger partial charge in [-0.05, 0) is 24.1 Å². The predicted molar refractivity (Wildman–Crippen MR) is 95.6 cm³/mol. The maximum absolute atomic E-state index is 13.3. The molecule has 0 saturated carbocycles. The molecule has 2 N–H and O–H groups in total. The van der Waals surface area contributed by atoms with Crippen molar-refractivity contribution in [2.45, 2.75) is 19.4 Å². The molecule has 1 aromatic carbocycles. The summed E-state index contributed by atoms with van der Waals surface area (Å²) in [5.41, 5.74) is 2.43. The molecular weight excluding hydrogens is 339 g/mol. The second-order valence-electron chi connectivity index (χ2n) is 6.06. The Kier molecular flexibility index (Phi) is 5.85. The third-order valence-electron chi connectivity index (χ3n) is 4.19. The van der Waals surface area contributed by atoms with Crippen LogP contribution in [-0.4, -0.2) is 48.3 Å². The van der Waals surface area contributed by atoms with Gasteiger partial charge in [0.25, 0.3) is 0 Å². The van der Waals surface area contributed by atoms with Gasteiger partial charge in [-0.25, -0.2) is 9.18 Å². The first-order chi connectivity index (χ1) is 12.6. The molecule has 2 aromatic rings. The van der Waals surface area contributed by atoms with Crippen molar-refractivity contribution in [1.82, 2.24) is 15.1 Å². The fraction of sp³-hybridized carbons (Fsp3) is 0.444. The van der Waals surface area contributed by atoms with Crippen LogP contribution < -0.4 is 10.6 Å². The number of carbonyl (C=O) groups excluding carboxylic acids is 1. The number of ether oxygens (including phenoxy) is 2. The molecule has 1 atom stereocenters. The molecule has 0 radical (unpaired) electrons. The van der Waals surface area contributed by atoms with Crippen LogP contribution >= 0.6 is 0 Å². The summed E-state index contributed by atoms with van der Waals surface area (Å²) in [4.78, 5) is 12.3. The van der Waals surface area contributed by atoms with Gasteiger partial charge in [0.05, 0.1) is 31.6 Å². The van der Waals surface area contributed by atoms with Crippen LogP contribution in [0.25, 0.3) is 11.1 Å². The minimum absolute atomic E-state index is 0.149. The van der Waals surface area contributed by atoms with Crippen LogP contribution in [0.15, 0.2) is 24.3 Å². The number of carbonyl (C=O) groups is 1. The molecule has 2 amide bonds. The molecule has 1 aliphatic heterocycles. The smallest absolute Gasteiger partial charge is 0.320 e. The Morgan fingerprint density at radius 2 is 2.12 bits per heavy atom. The molecular formula is C18H23FN4O3. The lowest BCUT2D eigenvalue weighted by molar-refractivity contribution is -0.0852. The lowest BCUT2D eigenvalue weighted by Gasteiger charge is -2.23. The highest BCUT2D eigenvalue weighted by atomic mass is 19.1. The Morgan fingerprint density at radius 1 is 1.35 bits per heavy atom. The monoisotopic (exact) mass is 362 g/mol. The number of aromatic nitrogens is 2. The predicted octanol–water partition coefficient (Wildman–Crippen LogP) is 2.33. The van der Waals surface area contributed by atoms with Gasteiger partial charge in [-0.1, -0.05) is 19.1 Å². The highest BCUT2D eigenvalue weighted by Gasteiger charge is 2.20. The van der Waals surface area contributed by atoms with Gasteiger partial charge in [-0.15, -0.1) is 0 Å². The van der Waals surface area contributed by atoms with Crippen molar-refractivity contribution in [2.75, 3.05) is 31.7 Å². The highest BCUT2D eigenvalue weighted by Crippen LogP contribution is 2.31. The maximum atomic E-state index is 13.3. The Morgan fingerprint density at radius 3 is 2.77 bits per heavy atom. The van der Waals surface area contributed by atoms with Gasteiger partial charge in [0.2, 0.25) is 0 Å². The molecule has 26 heavy (non-hydrogen) atoms. The first kappa shape index (κ1) is 18.3. The van der Waals surface area contributed by atoms with Crippen LogP contribution in [0.3, 0.4) is 0 Å². The Hall–Kier alpha value is -2.45. The zero-order valence-corrected chi connectivity index (χ0v) is 14.9. The fourth-order valence-electron chi connectivity index (χ4n) is 2.90. The van der Waals surface area contributed by atoms with Gasteiger partial charge in [0.15, 0.2) is 0 Å². The van der Waals surface area contributed by atoms with E-state index in [-0.39, 0.29) is 18.0 Å². The third kappa shape index (κ3) is 4.20. The summed E-state index contributed by atoms with van der Waals surface area (Å²) in [5, 5.41) is 10.1. The quantitative estimate of drug-likeness (QED) is 0.856. The number of nitrogens with one attached hydrogen (secondary N) is 2. The van der Waals surface area contributed by atoms with E-state index in [1.54, 1.807) is 23.9 Å². The lowest BCUT2D eigenvalue weighted by atomic mass is 10.0. The summed E-state index contributed by atoms with van der Waals surface area (Å²) >= 11 is 0. The van der Waals surface area contributed by atoms with Crippen LogP contribution in [0.5, 0.6) is 0 Å². The van der Waals surface area contributed by atoms with Gasteiger partial charge in [-0.2, -0.15) is 5.10 Å². The van der Waals surface area contributed by atoms with Crippen molar-refractivity contribution in [3.8, 4) is 11.1 Å². The van der Waals surface area contributed by atoms with Gasteiger partial charge < -0.3 is 14.8 Å². The largest absolute Gasteiger partial charge is 0.376 e. The number of halogens is 1. The molecule has 2 heterocycles. The van der Waals surface area contributed by atoms with E-state index in [0.29, 0.717) is 38.6 Å². The van der Waals surface area contributed by atoms with Gasteiger partial charge >= 0.3 is 6.03 Å². The SMILES string of the molecule is CCc1nn(C)c(NC(=O)NCC2COCCO2)c1-c1ccc(F)cc1. The normalized spacial score (nSPS) is 17.1. The van der Waals surface area contributed by atoms with Crippen LogP contribution in [0.2, 0.25) is 0 Å². The Labute approximate surface area is 151 Å². The lowest BCUT2D eigenvalue weighted by Crippen LogP contribution is -2.41. The molecule has 1 saturated heterocycles. The molecule has 7 nitrogen and oxygen atoms in total. The number of hydrogen-bond acceptors (Lipinski definition) is 4. The number of urea groups is 1. The van der Waals surface area contributed by atoms with Crippen LogP contribution in [0, 0.1) is 5.82 Å². The number of nitrogens with zero attached hydrogens (tertiary/aromatic N) is 2. The summed E-state index contributed by atoms with van der Waals surface area (Å²) in [6.07, 6.45) is 0.542. The van der Waals surface area contributed by atoms with E-state index >= 15 is 0 Å². The second kappa shape index (κ2) is 8.29. The molecule has 8 heteroatoms. The number of rotatable bonds is 5. The molecule has 1 unspecified atom stereocenters. The Bertz CT molecular complexity index is 755. The van der Waals surface area contributed by atoms with Crippen molar-refractivity contribution < 1.29 is 18.7 Å². The zero-order chi connectivity index (χ0) is 18.5. The minimum atomic E-state index is -0.354. The molecule has 1 fully saturated rings. The van der Waals surface area contributed by atoms with Crippen molar-refractivity contribution in [3.63, 3.8) is 0 Å². The van der Waals surface area contributed by atoms with Gasteiger partial charge in [-0.3, -0.25) is 10.00 Å². The topological polar surface area (TPSA) is 77.4 Å². The molecule has 0 spiro atoms. The van der Waals surface area contributed by atoms with E-state index in [1.165, 1.54) is 12.1 Å². The molecule has 1 aliphatic rings. The van der Waals surface area contributed by atoms with Crippen LogP contribution in [0.1, 0.15) is 12.6 Å². The van der Waals surface area contributed by atoms with Gasteiger partial charge in [0.1, 0.15) is 11.6 Å². The number of benzene rings is 1. The first-order valence-corrected chi connectivity index (χ1v) is 8.64. The van der Waals surface area contributed by atoms with Crippen molar-refractivity contribution >= 4 is 11.8 Å². The van der Waals surface area contributed by atoms with Crippen LogP contribution in [-0.2, 0) is 22.9 Å². The van der Waals surface area contributed by atoms with Crippen molar-refractivity contribution in [1.29, 1.82) is 0 Å². The average Bonchev–Trinajstić information content (AvgIpc) is 2.97. The zero-order valence-electron chi connectivity index (χ0n) is 14.9. The van der Waals surface area contributed by atoms with Crippen molar-refractivity contribution in [3.05, 3.63) is 35.8 Å². The summed E-state index contributed by atoms with van der Waals surface area (Å²) < 4.78 is 25.7. The molecule has 3 rings (SSSR count). The summed E-state index contributed by atoms with van der Waals surface area (Å²) in [7, 11) is 1.76. The summed E-state index contributed by atoms with van der Waals surface area (Å²) in [6, 6.07) is 5.80. The Balaban J connectivity index is 1.75. The number of anilines is 1. The van der Waals surface area contributed by atoms with E-state index in [9.17, 15) is 9.18 Å².